The Balaban J connectivity index is 1.98. The van der Waals surface area contributed by atoms with Crippen molar-refractivity contribution >= 4 is 17.7 Å². The molecule has 0 aliphatic rings. The van der Waals surface area contributed by atoms with Gasteiger partial charge in [0.1, 0.15) is 11.6 Å². The lowest BCUT2D eigenvalue weighted by molar-refractivity contribution is -0.119. The molecule has 1 N–H and O–H groups in total. The number of amides is 1. The number of carbonyl (C=O) groups excluding carboxylic acids is 1. The van der Waals surface area contributed by atoms with Crippen molar-refractivity contribution in [1.29, 1.82) is 0 Å². The van der Waals surface area contributed by atoms with Crippen LogP contribution in [-0.2, 0) is 10.5 Å². The molecule has 0 unspecified atom stereocenters. The summed E-state index contributed by atoms with van der Waals surface area (Å²) in [7, 11) is 1.68. The summed E-state index contributed by atoms with van der Waals surface area (Å²) < 4.78 is 19.1. The van der Waals surface area contributed by atoms with Crippen LogP contribution in [0, 0.1) is 12.7 Å². The molecule has 2 rings (SSSR count). The summed E-state index contributed by atoms with van der Waals surface area (Å²) >= 11 is 1.41. The average molecular weight is 390 g/mol. The van der Waals surface area contributed by atoms with Crippen molar-refractivity contribution in [3.63, 3.8) is 0 Å². The monoisotopic (exact) mass is 389 g/mol. The molecule has 0 fully saturated rings. The van der Waals surface area contributed by atoms with Gasteiger partial charge in [-0.05, 0) is 60.2 Å². The molecule has 2 aromatic rings. The lowest BCUT2D eigenvalue weighted by atomic mass is 9.93. The lowest BCUT2D eigenvalue weighted by Crippen LogP contribution is -2.28. The Morgan fingerprint density at radius 1 is 1.19 bits per heavy atom. The Morgan fingerprint density at radius 2 is 1.89 bits per heavy atom. The number of hydrogen-bond donors (Lipinski definition) is 1. The summed E-state index contributed by atoms with van der Waals surface area (Å²) in [5.41, 5.74) is 3.93. The van der Waals surface area contributed by atoms with Crippen molar-refractivity contribution in [2.45, 2.75) is 45.4 Å². The minimum absolute atomic E-state index is 0.0508. The molecule has 0 saturated carbocycles. The van der Waals surface area contributed by atoms with Crippen molar-refractivity contribution < 1.29 is 13.9 Å². The SMILES string of the molecule is COc1cc(C)c([C@H](C)NC(=O)CSCc2ccccc2F)cc1C(C)C. The van der Waals surface area contributed by atoms with Crippen molar-refractivity contribution in [3.8, 4) is 5.75 Å². The second kappa shape index (κ2) is 9.79. The van der Waals surface area contributed by atoms with Crippen molar-refractivity contribution in [2.24, 2.45) is 0 Å². The molecule has 146 valence electrons. The standard InChI is InChI=1S/C22H28FNO2S/c1-14(2)18-11-19(15(3)10-21(18)26-5)16(4)24-22(25)13-27-12-17-8-6-7-9-20(17)23/h6-11,14,16H,12-13H2,1-5H3,(H,24,25)/t16-/m0/s1. The van der Waals surface area contributed by atoms with Gasteiger partial charge in [-0.2, -0.15) is 0 Å². The van der Waals surface area contributed by atoms with Gasteiger partial charge in [-0.1, -0.05) is 32.0 Å². The van der Waals surface area contributed by atoms with E-state index in [2.05, 4.69) is 25.2 Å². The molecule has 1 amide bonds. The van der Waals surface area contributed by atoms with Crippen molar-refractivity contribution in [2.75, 3.05) is 12.9 Å². The number of carbonyl (C=O) groups is 1. The summed E-state index contributed by atoms with van der Waals surface area (Å²) in [4.78, 5) is 12.3. The molecule has 27 heavy (non-hydrogen) atoms. The van der Waals surface area contributed by atoms with E-state index in [0.717, 1.165) is 22.4 Å². The molecule has 0 radical (unpaired) electrons. The van der Waals surface area contributed by atoms with E-state index in [1.165, 1.54) is 17.8 Å². The number of thioether (sulfide) groups is 1. The van der Waals surface area contributed by atoms with Crippen LogP contribution in [0.4, 0.5) is 4.39 Å². The summed E-state index contributed by atoms with van der Waals surface area (Å²) in [6, 6.07) is 10.7. The van der Waals surface area contributed by atoms with E-state index in [1.807, 2.05) is 19.9 Å². The topological polar surface area (TPSA) is 38.3 Å². The number of hydrogen-bond acceptors (Lipinski definition) is 3. The maximum atomic E-state index is 13.6. The van der Waals surface area contributed by atoms with Crippen LogP contribution >= 0.6 is 11.8 Å². The molecule has 5 heteroatoms. The quantitative estimate of drug-likeness (QED) is 0.659. The van der Waals surface area contributed by atoms with Gasteiger partial charge in [0, 0.05) is 5.75 Å². The zero-order valence-electron chi connectivity index (χ0n) is 16.6. The fourth-order valence-corrected chi connectivity index (χ4v) is 3.87. The number of benzene rings is 2. The molecule has 0 aromatic heterocycles. The highest BCUT2D eigenvalue weighted by molar-refractivity contribution is 7.99. The third kappa shape index (κ3) is 5.73. The molecule has 0 saturated heterocycles. The van der Waals surface area contributed by atoms with Crippen LogP contribution in [0.3, 0.4) is 0 Å². The average Bonchev–Trinajstić information content (AvgIpc) is 2.62. The summed E-state index contributed by atoms with van der Waals surface area (Å²) in [6.45, 7) is 8.26. The van der Waals surface area contributed by atoms with Gasteiger partial charge >= 0.3 is 0 Å². The molecule has 0 spiro atoms. The molecule has 0 heterocycles. The number of halogens is 1. The number of ether oxygens (including phenoxy) is 1. The Kier molecular flexibility index (Phi) is 7.72. The number of aryl methyl sites for hydroxylation is 1. The van der Waals surface area contributed by atoms with Gasteiger partial charge in [0.15, 0.2) is 0 Å². The lowest BCUT2D eigenvalue weighted by Gasteiger charge is -2.21. The molecule has 1 atom stereocenters. The highest BCUT2D eigenvalue weighted by atomic mass is 32.2. The van der Waals surface area contributed by atoms with Gasteiger partial charge < -0.3 is 10.1 Å². The summed E-state index contributed by atoms with van der Waals surface area (Å²) in [6.07, 6.45) is 0. The molecule has 0 bridgehead atoms. The van der Waals surface area contributed by atoms with E-state index >= 15 is 0 Å². The minimum Gasteiger partial charge on any atom is -0.496 e. The van der Waals surface area contributed by atoms with E-state index < -0.39 is 0 Å². The fourth-order valence-electron chi connectivity index (χ4n) is 3.04. The van der Waals surface area contributed by atoms with Gasteiger partial charge in [0.25, 0.3) is 0 Å². The van der Waals surface area contributed by atoms with Crippen LogP contribution in [0.15, 0.2) is 36.4 Å². The zero-order valence-corrected chi connectivity index (χ0v) is 17.5. The van der Waals surface area contributed by atoms with E-state index in [9.17, 15) is 9.18 Å². The van der Waals surface area contributed by atoms with Crippen LogP contribution in [-0.4, -0.2) is 18.8 Å². The number of nitrogens with one attached hydrogen (secondary N) is 1. The van der Waals surface area contributed by atoms with E-state index in [1.54, 1.807) is 25.3 Å². The van der Waals surface area contributed by atoms with Crippen LogP contribution in [0.5, 0.6) is 5.75 Å². The number of methoxy groups -OCH3 is 1. The van der Waals surface area contributed by atoms with Crippen molar-refractivity contribution in [3.05, 3.63) is 64.5 Å². The van der Waals surface area contributed by atoms with E-state index in [0.29, 0.717) is 23.0 Å². The third-order valence-electron chi connectivity index (χ3n) is 4.53. The first-order chi connectivity index (χ1) is 12.8. The maximum absolute atomic E-state index is 13.6. The van der Waals surface area contributed by atoms with Crippen LogP contribution in [0.1, 0.15) is 55.0 Å². The van der Waals surface area contributed by atoms with Crippen LogP contribution in [0.2, 0.25) is 0 Å². The van der Waals surface area contributed by atoms with Gasteiger partial charge in [-0.25, -0.2) is 4.39 Å². The first-order valence-corrected chi connectivity index (χ1v) is 10.3. The summed E-state index contributed by atoms with van der Waals surface area (Å²) in [5.74, 6) is 1.71. The van der Waals surface area contributed by atoms with E-state index in [-0.39, 0.29) is 17.8 Å². The molecular weight excluding hydrogens is 361 g/mol. The van der Waals surface area contributed by atoms with Gasteiger partial charge in [0.2, 0.25) is 5.91 Å². The van der Waals surface area contributed by atoms with E-state index in [4.69, 9.17) is 4.74 Å². The fraction of sp³-hybridized carbons (Fsp3) is 0.409. The molecule has 0 aliphatic carbocycles. The Bertz CT molecular complexity index is 792. The predicted molar refractivity (Wildman–Crippen MR) is 111 cm³/mol. The molecule has 0 aliphatic heterocycles. The Hall–Kier alpha value is -2.01. The van der Waals surface area contributed by atoms with Gasteiger partial charge in [0.05, 0.1) is 18.9 Å². The predicted octanol–water partition coefficient (Wildman–Crippen LogP) is 5.38. The second-order valence-electron chi connectivity index (χ2n) is 6.98. The largest absolute Gasteiger partial charge is 0.496 e. The highest BCUT2D eigenvalue weighted by Crippen LogP contribution is 2.32. The second-order valence-corrected chi connectivity index (χ2v) is 7.96. The first kappa shape index (κ1) is 21.3. The molecule has 2 aromatic carbocycles. The Morgan fingerprint density at radius 3 is 2.52 bits per heavy atom. The van der Waals surface area contributed by atoms with Crippen LogP contribution in [0.25, 0.3) is 0 Å². The van der Waals surface area contributed by atoms with Gasteiger partial charge in [-0.15, -0.1) is 11.8 Å². The number of rotatable bonds is 8. The van der Waals surface area contributed by atoms with Gasteiger partial charge in [-0.3, -0.25) is 4.79 Å². The maximum Gasteiger partial charge on any atom is 0.230 e. The zero-order chi connectivity index (χ0) is 20.0. The Labute approximate surface area is 165 Å². The normalized spacial score (nSPS) is 12.1. The van der Waals surface area contributed by atoms with Crippen molar-refractivity contribution in [1.82, 2.24) is 5.32 Å². The smallest absolute Gasteiger partial charge is 0.230 e. The van der Waals surface area contributed by atoms with Crippen LogP contribution < -0.4 is 10.1 Å². The third-order valence-corrected chi connectivity index (χ3v) is 5.51. The first-order valence-electron chi connectivity index (χ1n) is 9.12. The molecule has 3 nitrogen and oxygen atoms in total. The summed E-state index contributed by atoms with van der Waals surface area (Å²) in [5, 5.41) is 3.05. The molecular formula is C22H28FNO2S. The highest BCUT2D eigenvalue weighted by Gasteiger charge is 2.17. The minimum atomic E-state index is -0.228.